The maximum absolute atomic E-state index is 12.5. The third-order valence-electron chi connectivity index (χ3n) is 3.87. The van der Waals surface area contributed by atoms with E-state index in [1.807, 2.05) is 0 Å². The highest BCUT2D eigenvalue weighted by Crippen LogP contribution is 2.22. The number of hydrogen-bond donors (Lipinski definition) is 1. The number of carboxylic acids is 1. The molecule has 0 aromatic rings. The van der Waals surface area contributed by atoms with Gasteiger partial charge in [-0.25, -0.2) is 9.59 Å². The summed E-state index contributed by atoms with van der Waals surface area (Å²) < 4.78 is 9.93. The first-order valence-electron chi connectivity index (χ1n) is 6.96. The minimum Gasteiger partial charge on any atom is -0.481 e. The quantitative estimate of drug-likeness (QED) is 0.724. The van der Waals surface area contributed by atoms with Gasteiger partial charge in [0.15, 0.2) is 6.04 Å². The highest BCUT2D eigenvalue weighted by molar-refractivity contribution is 5.84. The van der Waals surface area contributed by atoms with Crippen molar-refractivity contribution in [3.05, 3.63) is 0 Å². The van der Waals surface area contributed by atoms with Crippen molar-refractivity contribution in [2.24, 2.45) is 5.92 Å². The van der Waals surface area contributed by atoms with Crippen molar-refractivity contribution in [1.29, 1.82) is 0 Å². The molecule has 0 aromatic heterocycles. The number of rotatable bonds is 3. The molecule has 118 valence electrons. The summed E-state index contributed by atoms with van der Waals surface area (Å²) >= 11 is 0. The standard InChI is InChI=1S/C13H20N2O6/c1-20-12(18)10-8-21-5-4-15(10)13(19)14-3-2-9(7-14)6-11(16)17/h9-10H,2-8H2,1H3,(H,16,17). The lowest BCUT2D eigenvalue weighted by atomic mass is 10.1. The van der Waals surface area contributed by atoms with E-state index in [-0.39, 0.29) is 25.0 Å². The van der Waals surface area contributed by atoms with Crippen molar-refractivity contribution in [2.75, 3.05) is 40.0 Å². The largest absolute Gasteiger partial charge is 0.481 e. The lowest BCUT2D eigenvalue weighted by Crippen LogP contribution is -2.56. The molecule has 0 radical (unpaired) electrons. The average Bonchev–Trinajstić information content (AvgIpc) is 2.93. The van der Waals surface area contributed by atoms with E-state index in [0.717, 1.165) is 0 Å². The summed E-state index contributed by atoms with van der Waals surface area (Å²) in [5.74, 6) is -1.37. The second-order valence-electron chi connectivity index (χ2n) is 5.29. The minimum atomic E-state index is -0.854. The molecule has 8 nitrogen and oxygen atoms in total. The molecule has 2 atom stereocenters. The molecule has 2 amide bonds. The Morgan fingerprint density at radius 1 is 1.33 bits per heavy atom. The second-order valence-corrected chi connectivity index (χ2v) is 5.29. The third-order valence-corrected chi connectivity index (χ3v) is 3.87. The molecule has 2 heterocycles. The Balaban J connectivity index is 1.98. The third kappa shape index (κ3) is 3.63. The molecule has 0 aliphatic carbocycles. The van der Waals surface area contributed by atoms with Crippen molar-refractivity contribution in [3.63, 3.8) is 0 Å². The lowest BCUT2D eigenvalue weighted by Gasteiger charge is -2.36. The molecule has 2 fully saturated rings. The van der Waals surface area contributed by atoms with Crippen LogP contribution >= 0.6 is 0 Å². The van der Waals surface area contributed by atoms with Crippen molar-refractivity contribution in [3.8, 4) is 0 Å². The normalized spacial score (nSPS) is 25.8. The molecule has 21 heavy (non-hydrogen) atoms. The summed E-state index contributed by atoms with van der Waals surface area (Å²) in [7, 11) is 1.28. The molecule has 0 saturated carbocycles. The van der Waals surface area contributed by atoms with Gasteiger partial charge in [-0.2, -0.15) is 0 Å². The van der Waals surface area contributed by atoms with Gasteiger partial charge in [0.05, 0.1) is 20.3 Å². The van der Waals surface area contributed by atoms with Crippen LogP contribution in [0, 0.1) is 5.92 Å². The predicted molar refractivity (Wildman–Crippen MR) is 70.7 cm³/mol. The Labute approximate surface area is 122 Å². The minimum absolute atomic E-state index is 0.0240. The first-order chi connectivity index (χ1) is 10.0. The highest BCUT2D eigenvalue weighted by atomic mass is 16.5. The Morgan fingerprint density at radius 3 is 2.76 bits per heavy atom. The Kier molecular flexibility index (Phi) is 5.00. The first kappa shape index (κ1) is 15.6. The SMILES string of the molecule is COC(=O)C1COCCN1C(=O)N1CCC(CC(=O)O)C1. The number of esters is 1. The molecule has 8 heteroatoms. The van der Waals surface area contributed by atoms with Gasteiger partial charge in [-0.15, -0.1) is 0 Å². The fourth-order valence-electron chi connectivity index (χ4n) is 2.77. The second kappa shape index (κ2) is 6.75. The van der Waals surface area contributed by atoms with Gasteiger partial charge in [0.1, 0.15) is 0 Å². The van der Waals surface area contributed by atoms with Gasteiger partial charge in [0, 0.05) is 26.1 Å². The summed E-state index contributed by atoms with van der Waals surface area (Å²) in [4.78, 5) is 38.0. The molecule has 1 N–H and O–H groups in total. The monoisotopic (exact) mass is 300 g/mol. The number of carbonyl (C=O) groups excluding carboxylic acids is 2. The number of likely N-dealkylation sites (tertiary alicyclic amines) is 1. The smallest absolute Gasteiger partial charge is 0.331 e. The summed E-state index contributed by atoms with van der Waals surface area (Å²) in [5, 5.41) is 8.80. The van der Waals surface area contributed by atoms with Gasteiger partial charge < -0.3 is 24.4 Å². The van der Waals surface area contributed by atoms with Crippen molar-refractivity contribution >= 4 is 18.0 Å². The van der Waals surface area contributed by atoms with Crippen LogP contribution in [0.4, 0.5) is 4.79 Å². The first-order valence-corrected chi connectivity index (χ1v) is 6.96. The van der Waals surface area contributed by atoms with Crippen LogP contribution in [0.5, 0.6) is 0 Å². The molecule has 2 saturated heterocycles. The van der Waals surface area contributed by atoms with Gasteiger partial charge in [-0.3, -0.25) is 4.79 Å². The number of morpholine rings is 1. The van der Waals surface area contributed by atoms with Gasteiger partial charge in [-0.1, -0.05) is 0 Å². The summed E-state index contributed by atoms with van der Waals surface area (Å²) in [6.45, 7) is 1.77. The maximum Gasteiger partial charge on any atom is 0.331 e. The molecule has 0 spiro atoms. The number of ether oxygens (including phenoxy) is 2. The summed E-state index contributed by atoms with van der Waals surface area (Å²) in [5.41, 5.74) is 0. The van der Waals surface area contributed by atoms with E-state index in [1.54, 1.807) is 4.90 Å². The van der Waals surface area contributed by atoms with Gasteiger partial charge in [-0.05, 0) is 12.3 Å². The van der Waals surface area contributed by atoms with Crippen molar-refractivity contribution in [2.45, 2.75) is 18.9 Å². The molecule has 2 aliphatic heterocycles. The van der Waals surface area contributed by atoms with Crippen LogP contribution in [0.25, 0.3) is 0 Å². The zero-order valence-electron chi connectivity index (χ0n) is 12.0. The van der Waals surface area contributed by atoms with E-state index in [0.29, 0.717) is 32.7 Å². The van der Waals surface area contributed by atoms with Gasteiger partial charge >= 0.3 is 18.0 Å². The molecule has 0 bridgehead atoms. The Bertz CT molecular complexity index is 427. The molecular weight excluding hydrogens is 280 g/mol. The maximum atomic E-state index is 12.5. The van der Waals surface area contributed by atoms with Crippen LogP contribution < -0.4 is 0 Å². The number of carbonyl (C=O) groups is 3. The molecule has 2 rings (SSSR count). The number of methoxy groups -OCH3 is 1. The van der Waals surface area contributed by atoms with Crippen LogP contribution in [0.1, 0.15) is 12.8 Å². The van der Waals surface area contributed by atoms with Crippen molar-refractivity contribution in [1.82, 2.24) is 9.80 Å². The number of nitrogens with zero attached hydrogens (tertiary/aromatic N) is 2. The number of hydrogen-bond acceptors (Lipinski definition) is 5. The van der Waals surface area contributed by atoms with Crippen molar-refractivity contribution < 1.29 is 29.0 Å². The number of carboxylic acid groups (broad SMARTS) is 1. The fourth-order valence-corrected chi connectivity index (χ4v) is 2.77. The topological polar surface area (TPSA) is 96.4 Å². The molecule has 2 aliphatic rings. The van der Waals surface area contributed by atoms with E-state index >= 15 is 0 Å². The molecule has 0 aromatic carbocycles. The number of amides is 2. The Morgan fingerprint density at radius 2 is 2.10 bits per heavy atom. The lowest BCUT2D eigenvalue weighted by molar-refractivity contribution is -0.151. The Hall–Kier alpha value is -1.83. The zero-order valence-corrected chi connectivity index (χ0v) is 12.0. The van der Waals surface area contributed by atoms with E-state index in [4.69, 9.17) is 14.6 Å². The van der Waals surface area contributed by atoms with Crippen LogP contribution in [0.3, 0.4) is 0 Å². The predicted octanol–water partition coefficient (Wildman–Crippen LogP) is -0.223. The van der Waals surface area contributed by atoms with E-state index in [1.165, 1.54) is 12.0 Å². The van der Waals surface area contributed by atoms with Crippen LogP contribution in [0.15, 0.2) is 0 Å². The fraction of sp³-hybridized carbons (Fsp3) is 0.769. The van der Waals surface area contributed by atoms with E-state index in [2.05, 4.69) is 0 Å². The highest BCUT2D eigenvalue weighted by Gasteiger charge is 2.38. The molecular formula is C13H20N2O6. The summed E-state index contributed by atoms with van der Waals surface area (Å²) in [6.07, 6.45) is 0.735. The molecule has 2 unspecified atom stereocenters. The van der Waals surface area contributed by atoms with Crippen LogP contribution in [-0.2, 0) is 19.1 Å². The number of aliphatic carboxylic acids is 1. The van der Waals surface area contributed by atoms with Crippen LogP contribution in [-0.4, -0.2) is 78.9 Å². The van der Waals surface area contributed by atoms with Gasteiger partial charge in [0.25, 0.3) is 0 Å². The van der Waals surface area contributed by atoms with Crippen LogP contribution in [0.2, 0.25) is 0 Å². The van der Waals surface area contributed by atoms with E-state index < -0.39 is 18.0 Å². The summed E-state index contributed by atoms with van der Waals surface area (Å²) in [6, 6.07) is -0.976. The number of urea groups is 1. The zero-order chi connectivity index (χ0) is 15.4. The average molecular weight is 300 g/mol. The van der Waals surface area contributed by atoms with Gasteiger partial charge in [0.2, 0.25) is 0 Å². The van der Waals surface area contributed by atoms with E-state index in [9.17, 15) is 14.4 Å².